The highest BCUT2D eigenvalue weighted by atomic mass is 16.3. The molecule has 3 aromatic rings. The van der Waals surface area contributed by atoms with Gasteiger partial charge in [-0.05, 0) is 44.8 Å². The number of rotatable bonds is 0. The molecule has 0 amide bonds. The molecule has 3 aromatic carbocycles. The molecule has 2 atom stereocenters. The van der Waals surface area contributed by atoms with Crippen LogP contribution in [-0.4, -0.2) is 16.3 Å². The van der Waals surface area contributed by atoms with Gasteiger partial charge in [-0.2, -0.15) is 0 Å². The zero-order chi connectivity index (χ0) is 13.7. The Bertz CT molecular complexity index is 849. The van der Waals surface area contributed by atoms with Gasteiger partial charge in [0.2, 0.25) is 0 Å². The van der Waals surface area contributed by atoms with E-state index in [0.29, 0.717) is 0 Å². The van der Waals surface area contributed by atoms with Crippen molar-refractivity contribution >= 4 is 27.6 Å². The van der Waals surface area contributed by atoms with Gasteiger partial charge in [0.1, 0.15) is 12.2 Å². The second-order valence-corrected chi connectivity index (χ2v) is 5.28. The third-order valence-corrected chi connectivity index (χ3v) is 4.06. The molecule has 0 unspecified atom stereocenters. The maximum absolute atomic E-state index is 10.1. The highest BCUT2D eigenvalue weighted by Crippen LogP contribution is 2.34. The molecule has 1 aliphatic rings. The van der Waals surface area contributed by atoms with E-state index in [1.165, 1.54) is 16.2 Å². The van der Waals surface area contributed by atoms with Gasteiger partial charge in [-0.25, -0.2) is 0 Å². The van der Waals surface area contributed by atoms with Crippen LogP contribution in [0.3, 0.4) is 0 Å². The van der Waals surface area contributed by atoms with Gasteiger partial charge in [0.05, 0.1) is 0 Å². The maximum Gasteiger partial charge on any atom is 0.109 e. The van der Waals surface area contributed by atoms with Crippen LogP contribution in [0.4, 0.5) is 0 Å². The molecule has 2 N–H and O–H groups in total. The first-order chi connectivity index (χ1) is 9.74. The van der Waals surface area contributed by atoms with Gasteiger partial charge >= 0.3 is 0 Å². The number of hydrogen-bond donors (Lipinski definition) is 2. The second kappa shape index (κ2) is 4.17. The molecule has 1 aliphatic carbocycles. The lowest BCUT2D eigenvalue weighted by Gasteiger charge is -2.22. The molecule has 0 aliphatic heterocycles. The van der Waals surface area contributed by atoms with Crippen molar-refractivity contribution in [2.45, 2.75) is 12.2 Å². The zero-order valence-electron chi connectivity index (χ0n) is 10.8. The minimum atomic E-state index is -0.842. The minimum Gasteiger partial charge on any atom is -0.386 e. The highest BCUT2D eigenvalue weighted by molar-refractivity contribution is 6.08. The Morgan fingerprint density at radius 2 is 1.60 bits per heavy atom. The number of benzene rings is 3. The van der Waals surface area contributed by atoms with Crippen molar-refractivity contribution < 1.29 is 10.2 Å². The lowest BCUT2D eigenvalue weighted by atomic mass is 9.89. The summed E-state index contributed by atoms with van der Waals surface area (Å²) < 4.78 is 0. The molecule has 0 saturated heterocycles. The second-order valence-electron chi connectivity index (χ2n) is 5.28. The first kappa shape index (κ1) is 11.6. The highest BCUT2D eigenvalue weighted by Gasteiger charge is 2.22. The molecule has 0 heterocycles. The molecule has 0 bridgehead atoms. The first-order valence-electron chi connectivity index (χ1n) is 6.74. The largest absolute Gasteiger partial charge is 0.386 e. The summed E-state index contributed by atoms with van der Waals surface area (Å²) in [6, 6.07) is 16.5. The summed E-state index contributed by atoms with van der Waals surface area (Å²) >= 11 is 0. The van der Waals surface area contributed by atoms with E-state index in [1.807, 2.05) is 24.3 Å². The number of aliphatic hydroxyl groups is 2. The van der Waals surface area contributed by atoms with E-state index in [0.717, 1.165) is 16.5 Å². The van der Waals surface area contributed by atoms with Crippen molar-refractivity contribution in [2.24, 2.45) is 0 Å². The topological polar surface area (TPSA) is 40.5 Å². The molecular weight excluding hydrogens is 248 g/mol. The molecule has 0 saturated carbocycles. The first-order valence-corrected chi connectivity index (χ1v) is 6.74. The van der Waals surface area contributed by atoms with E-state index in [1.54, 1.807) is 6.08 Å². The number of fused-ring (bicyclic) bond motifs is 4. The Labute approximate surface area is 116 Å². The smallest absolute Gasteiger partial charge is 0.109 e. The molecule has 20 heavy (non-hydrogen) atoms. The summed E-state index contributed by atoms with van der Waals surface area (Å²) in [6.07, 6.45) is 1.86. The Kier molecular flexibility index (Phi) is 2.43. The van der Waals surface area contributed by atoms with Crippen LogP contribution < -0.4 is 0 Å². The zero-order valence-corrected chi connectivity index (χ0v) is 10.8. The summed E-state index contributed by atoms with van der Waals surface area (Å²) in [6.45, 7) is 0. The van der Waals surface area contributed by atoms with Crippen molar-refractivity contribution in [2.75, 3.05) is 0 Å². The Hall–Kier alpha value is -2.16. The van der Waals surface area contributed by atoms with Crippen LogP contribution >= 0.6 is 0 Å². The molecule has 98 valence electrons. The van der Waals surface area contributed by atoms with E-state index in [2.05, 4.69) is 30.3 Å². The van der Waals surface area contributed by atoms with Gasteiger partial charge in [0, 0.05) is 0 Å². The number of hydrogen-bond acceptors (Lipinski definition) is 2. The van der Waals surface area contributed by atoms with E-state index in [9.17, 15) is 10.2 Å². The molecule has 4 rings (SSSR count). The summed E-state index contributed by atoms with van der Waals surface area (Å²) in [5.74, 6) is 0. The fourth-order valence-electron chi connectivity index (χ4n) is 2.98. The third kappa shape index (κ3) is 1.59. The van der Waals surface area contributed by atoms with Gasteiger partial charge in [-0.15, -0.1) is 0 Å². The predicted octanol–water partition coefficient (Wildman–Crippen LogP) is 3.41. The van der Waals surface area contributed by atoms with Gasteiger partial charge in [-0.3, -0.25) is 0 Å². The molecule has 0 aromatic heterocycles. The standard InChI is InChI=1S/C18H14O2/c19-17-8-7-13-9-15-12(10-16(13)18(17)20)6-5-11-3-1-2-4-14(11)15/h1-10,17-20H/t17-,18-/m0/s1. The van der Waals surface area contributed by atoms with Crippen molar-refractivity contribution in [3.8, 4) is 0 Å². The van der Waals surface area contributed by atoms with Crippen LogP contribution in [0.5, 0.6) is 0 Å². The maximum atomic E-state index is 10.1. The van der Waals surface area contributed by atoms with E-state index < -0.39 is 12.2 Å². The van der Waals surface area contributed by atoms with Gasteiger partial charge in [0.15, 0.2) is 0 Å². The summed E-state index contributed by atoms with van der Waals surface area (Å²) in [7, 11) is 0. The number of aliphatic hydroxyl groups excluding tert-OH is 2. The van der Waals surface area contributed by atoms with Crippen molar-refractivity contribution in [3.05, 3.63) is 65.7 Å². The SMILES string of the molecule is O[C@H]1C=Cc2cc3c(ccc4ccccc43)cc2[C@@H]1O. The van der Waals surface area contributed by atoms with Crippen LogP contribution in [0, 0.1) is 0 Å². The molecule has 0 spiro atoms. The van der Waals surface area contributed by atoms with Crippen LogP contribution in [0.2, 0.25) is 0 Å². The van der Waals surface area contributed by atoms with Crippen LogP contribution in [0.25, 0.3) is 27.6 Å². The normalized spacial score (nSPS) is 21.3. The summed E-state index contributed by atoms with van der Waals surface area (Å²) in [5, 5.41) is 24.5. The van der Waals surface area contributed by atoms with E-state index in [4.69, 9.17) is 0 Å². The molecular formula is C18H14O2. The third-order valence-electron chi connectivity index (χ3n) is 4.06. The monoisotopic (exact) mass is 262 g/mol. The van der Waals surface area contributed by atoms with Crippen LogP contribution in [0.1, 0.15) is 17.2 Å². The van der Waals surface area contributed by atoms with Crippen molar-refractivity contribution in [1.82, 2.24) is 0 Å². The van der Waals surface area contributed by atoms with E-state index in [-0.39, 0.29) is 0 Å². The average molecular weight is 262 g/mol. The van der Waals surface area contributed by atoms with Gasteiger partial charge < -0.3 is 10.2 Å². The Morgan fingerprint density at radius 1 is 0.800 bits per heavy atom. The Morgan fingerprint density at radius 3 is 2.50 bits per heavy atom. The molecule has 2 nitrogen and oxygen atoms in total. The lowest BCUT2D eigenvalue weighted by Crippen LogP contribution is -2.19. The van der Waals surface area contributed by atoms with Crippen molar-refractivity contribution in [3.63, 3.8) is 0 Å². The van der Waals surface area contributed by atoms with Gasteiger partial charge in [-0.1, -0.05) is 48.6 Å². The van der Waals surface area contributed by atoms with Crippen LogP contribution in [0.15, 0.2) is 54.6 Å². The fraction of sp³-hybridized carbons (Fsp3) is 0.111. The molecule has 0 fully saturated rings. The van der Waals surface area contributed by atoms with Gasteiger partial charge in [0.25, 0.3) is 0 Å². The fourth-order valence-corrected chi connectivity index (χ4v) is 2.98. The van der Waals surface area contributed by atoms with E-state index >= 15 is 0 Å². The van der Waals surface area contributed by atoms with Crippen molar-refractivity contribution in [1.29, 1.82) is 0 Å². The Balaban J connectivity index is 2.09. The van der Waals surface area contributed by atoms with Crippen LogP contribution in [-0.2, 0) is 0 Å². The molecule has 2 heteroatoms. The summed E-state index contributed by atoms with van der Waals surface area (Å²) in [4.78, 5) is 0. The lowest BCUT2D eigenvalue weighted by molar-refractivity contribution is 0.0471. The predicted molar refractivity (Wildman–Crippen MR) is 81.5 cm³/mol. The average Bonchev–Trinajstić information content (AvgIpc) is 2.50. The quantitative estimate of drug-likeness (QED) is 0.609. The minimum absolute atomic E-state index is 0.794. The molecule has 0 radical (unpaired) electrons. The summed E-state index contributed by atoms with van der Waals surface area (Å²) in [5.41, 5.74) is 1.77.